The van der Waals surface area contributed by atoms with Crippen molar-refractivity contribution in [1.29, 1.82) is 0 Å². The Labute approximate surface area is 107 Å². The summed E-state index contributed by atoms with van der Waals surface area (Å²) in [4.78, 5) is 11.6. The van der Waals surface area contributed by atoms with Crippen molar-refractivity contribution in [2.24, 2.45) is 5.73 Å². The molecule has 19 heavy (non-hydrogen) atoms. The van der Waals surface area contributed by atoms with E-state index >= 15 is 0 Å². The number of halogens is 4. The summed E-state index contributed by atoms with van der Waals surface area (Å²) in [7, 11) is 0. The van der Waals surface area contributed by atoms with Gasteiger partial charge in [0.05, 0.1) is 11.1 Å². The Balaban J connectivity index is 2.93. The van der Waals surface area contributed by atoms with Crippen LogP contribution in [0.25, 0.3) is 0 Å². The van der Waals surface area contributed by atoms with Gasteiger partial charge < -0.3 is 11.1 Å². The predicted molar refractivity (Wildman–Crippen MR) is 62.0 cm³/mol. The van der Waals surface area contributed by atoms with Crippen LogP contribution >= 0.6 is 0 Å². The zero-order valence-corrected chi connectivity index (χ0v) is 10.2. The number of nitrogens with one attached hydrogen (secondary N) is 1. The van der Waals surface area contributed by atoms with Crippen LogP contribution in [0.5, 0.6) is 0 Å². The number of hydrogen-bond donors (Lipinski definition) is 2. The number of nitrogens with two attached hydrogens (primary N) is 1. The SMILES string of the molecule is CCC(N)CNC(=O)c1cccc(C(F)(F)F)c1F. The van der Waals surface area contributed by atoms with Crippen molar-refractivity contribution in [2.45, 2.75) is 25.6 Å². The fourth-order valence-corrected chi connectivity index (χ4v) is 1.39. The second kappa shape index (κ2) is 6.01. The summed E-state index contributed by atoms with van der Waals surface area (Å²) in [6.07, 6.45) is -4.24. The van der Waals surface area contributed by atoms with Gasteiger partial charge in [0, 0.05) is 12.6 Å². The van der Waals surface area contributed by atoms with E-state index in [1.807, 2.05) is 0 Å². The summed E-state index contributed by atoms with van der Waals surface area (Å²) in [6.45, 7) is 1.87. The molecule has 0 saturated heterocycles. The zero-order chi connectivity index (χ0) is 14.6. The van der Waals surface area contributed by atoms with Crippen LogP contribution in [0, 0.1) is 5.82 Å². The number of amides is 1. The Morgan fingerprint density at radius 2 is 2.05 bits per heavy atom. The highest BCUT2D eigenvalue weighted by atomic mass is 19.4. The smallest absolute Gasteiger partial charge is 0.350 e. The van der Waals surface area contributed by atoms with Gasteiger partial charge in [-0.3, -0.25) is 4.79 Å². The minimum absolute atomic E-state index is 0.0744. The Morgan fingerprint density at radius 3 is 2.58 bits per heavy atom. The minimum atomic E-state index is -4.83. The first-order valence-corrected chi connectivity index (χ1v) is 5.66. The fourth-order valence-electron chi connectivity index (χ4n) is 1.39. The van der Waals surface area contributed by atoms with Crippen molar-refractivity contribution in [2.75, 3.05) is 6.54 Å². The molecule has 0 heterocycles. The van der Waals surface area contributed by atoms with E-state index in [0.29, 0.717) is 12.5 Å². The third-order valence-electron chi connectivity index (χ3n) is 2.60. The molecule has 0 aliphatic rings. The molecule has 1 aromatic carbocycles. The largest absolute Gasteiger partial charge is 0.419 e. The van der Waals surface area contributed by atoms with Crippen LogP contribution in [0.2, 0.25) is 0 Å². The minimum Gasteiger partial charge on any atom is -0.350 e. The van der Waals surface area contributed by atoms with E-state index in [9.17, 15) is 22.4 Å². The molecule has 1 rings (SSSR count). The van der Waals surface area contributed by atoms with Gasteiger partial charge in [0.2, 0.25) is 0 Å². The second-order valence-electron chi connectivity index (χ2n) is 4.04. The quantitative estimate of drug-likeness (QED) is 0.830. The van der Waals surface area contributed by atoms with Crippen LogP contribution in [0.15, 0.2) is 18.2 Å². The van der Waals surface area contributed by atoms with Gasteiger partial charge >= 0.3 is 6.18 Å². The molecule has 7 heteroatoms. The summed E-state index contributed by atoms with van der Waals surface area (Å²) in [5, 5.41) is 2.30. The lowest BCUT2D eigenvalue weighted by atomic mass is 10.1. The number of carbonyl (C=O) groups excluding carboxylic acids is 1. The number of rotatable bonds is 4. The molecule has 0 bridgehead atoms. The molecule has 0 spiro atoms. The third kappa shape index (κ3) is 3.92. The predicted octanol–water partition coefficient (Wildman–Crippen LogP) is 2.31. The van der Waals surface area contributed by atoms with Gasteiger partial charge in [0.1, 0.15) is 5.82 Å². The highest BCUT2D eigenvalue weighted by Gasteiger charge is 2.35. The van der Waals surface area contributed by atoms with Gasteiger partial charge in [-0.25, -0.2) is 4.39 Å². The molecule has 106 valence electrons. The monoisotopic (exact) mass is 278 g/mol. The molecule has 0 aromatic heterocycles. The first kappa shape index (κ1) is 15.4. The van der Waals surface area contributed by atoms with Crippen molar-refractivity contribution in [3.8, 4) is 0 Å². The van der Waals surface area contributed by atoms with Crippen LogP contribution in [0.1, 0.15) is 29.3 Å². The van der Waals surface area contributed by atoms with Gasteiger partial charge in [-0.2, -0.15) is 13.2 Å². The molecule has 1 unspecified atom stereocenters. The van der Waals surface area contributed by atoms with Gasteiger partial charge in [-0.05, 0) is 18.6 Å². The molecule has 0 aliphatic carbocycles. The second-order valence-corrected chi connectivity index (χ2v) is 4.04. The maximum atomic E-state index is 13.6. The van der Waals surface area contributed by atoms with Crippen LogP contribution in [-0.2, 0) is 6.18 Å². The lowest BCUT2D eigenvalue weighted by Crippen LogP contribution is -2.37. The molecular formula is C12H14F4N2O. The molecule has 1 aromatic rings. The lowest BCUT2D eigenvalue weighted by Gasteiger charge is -2.13. The molecule has 0 aliphatic heterocycles. The normalized spacial score (nSPS) is 13.2. The van der Waals surface area contributed by atoms with Gasteiger partial charge in [-0.1, -0.05) is 13.0 Å². The molecule has 3 N–H and O–H groups in total. The average Bonchev–Trinajstić information content (AvgIpc) is 2.34. The van der Waals surface area contributed by atoms with Gasteiger partial charge in [0.15, 0.2) is 0 Å². The van der Waals surface area contributed by atoms with E-state index in [1.54, 1.807) is 6.92 Å². The molecule has 3 nitrogen and oxygen atoms in total. The van der Waals surface area contributed by atoms with Crippen molar-refractivity contribution in [3.63, 3.8) is 0 Å². The van der Waals surface area contributed by atoms with E-state index < -0.39 is 29.0 Å². The number of carbonyl (C=O) groups is 1. The van der Waals surface area contributed by atoms with Crippen molar-refractivity contribution in [1.82, 2.24) is 5.32 Å². The summed E-state index contributed by atoms with van der Waals surface area (Å²) in [5.74, 6) is -2.48. The zero-order valence-electron chi connectivity index (χ0n) is 10.2. The summed E-state index contributed by atoms with van der Waals surface area (Å²) in [5.41, 5.74) is 3.45. The standard InChI is InChI=1S/C12H14F4N2O/c1-2-7(17)6-18-11(19)8-4-3-5-9(10(8)13)12(14,15)16/h3-5,7H,2,6,17H2,1H3,(H,18,19). The molecule has 1 amide bonds. The Bertz CT molecular complexity index is 460. The summed E-state index contributed by atoms with van der Waals surface area (Å²) < 4.78 is 51.0. The number of benzene rings is 1. The Kier molecular flexibility index (Phi) is 4.88. The van der Waals surface area contributed by atoms with Crippen LogP contribution in [0.3, 0.4) is 0 Å². The Hall–Kier alpha value is -1.63. The maximum Gasteiger partial charge on any atom is 0.419 e. The third-order valence-corrected chi connectivity index (χ3v) is 2.60. The molecule has 0 radical (unpaired) electrons. The van der Waals surface area contributed by atoms with Crippen LogP contribution in [0.4, 0.5) is 17.6 Å². The van der Waals surface area contributed by atoms with Gasteiger partial charge in [0.25, 0.3) is 5.91 Å². The molecule has 0 saturated carbocycles. The molecule has 0 fully saturated rings. The van der Waals surface area contributed by atoms with Crippen molar-refractivity contribution >= 4 is 5.91 Å². The Morgan fingerprint density at radius 1 is 1.42 bits per heavy atom. The van der Waals surface area contributed by atoms with Crippen molar-refractivity contribution < 1.29 is 22.4 Å². The first-order valence-electron chi connectivity index (χ1n) is 5.66. The highest BCUT2D eigenvalue weighted by molar-refractivity contribution is 5.94. The summed E-state index contributed by atoms with van der Waals surface area (Å²) in [6, 6.07) is 2.25. The molecule has 1 atom stereocenters. The van der Waals surface area contributed by atoms with E-state index in [0.717, 1.165) is 12.1 Å². The summed E-state index contributed by atoms with van der Waals surface area (Å²) >= 11 is 0. The lowest BCUT2D eigenvalue weighted by molar-refractivity contribution is -0.140. The van der Waals surface area contributed by atoms with E-state index in [4.69, 9.17) is 5.73 Å². The van der Waals surface area contributed by atoms with Gasteiger partial charge in [-0.15, -0.1) is 0 Å². The van der Waals surface area contributed by atoms with E-state index in [2.05, 4.69) is 5.32 Å². The van der Waals surface area contributed by atoms with Crippen molar-refractivity contribution in [3.05, 3.63) is 35.1 Å². The maximum absolute atomic E-state index is 13.6. The van der Waals surface area contributed by atoms with E-state index in [-0.39, 0.29) is 12.6 Å². The first-order chi connectivity index (χ1) is 8.77. The number of alkyl halides is 3. The van der Waals surface area contributed by atoms with E-state index in [1.165, 1.54) is 0 Å². The topological polar surface area (TPSA) is 55.1 Å². The van der Waals surface area contributed by atoms with Crippen LogP contribution < -0.4 is 11.1 Å². The highest BCUT2D eigenvalue weighted by Crippen LogP contribution is 2.32. The number of hydrogen-bond acceptors (Lipinski definition) is 2. The molecular weight excluding hydrogens is 264 g/mol. The fraction of sp³-hybridized carbons (Fsp3) is 0.417. The average molecular weight is 278 g/mol. The van der Waals surface area contributed by atoms with Crippen LogP contribution in [-0.4, -0.2) is 18.5 Å².